The largest absolute Gasteiger partial charge is 0.477 e. The zero-order valence-corrected chi connectivity index (χ0v) is 10.8. The van der Waals surface area contributed by atoms with Gasteiger partial charge in [0.05, 0.1) is 12.1 Å². The molecule has 6 nitrogen and oxygen atoms in total. The maximum absolute atomic E-state index is 12.0. The number of nitrogens with zero attached hydrogens (tertiary/aromatic N) is 1. The van der Waals surface area contributed by atoms with Crippen molar-refractivity contribution in [2.45, 2.75) is 19.5 Å². The van der Waals surface area contributed by atoms with E-state index in [-0.39, 0.29) is 11.4 Å². The number of carboxylic acids is 1. The Balaban J connectivity index is 2.68. The van der Waals surface area contributed by atoms with Crippen molar-refractivity contribution in [3.05, 3.63) is 17.5 Å². The molecule has 0 unspecified atom stereocenters. The zero-order chi connectivity index (χ0) is 15.5. The first kappa shape index (κ1) is 15.9. The van der Waals surface area contributed by atoms with Crippen LogP contribution in [0.3, 0.4) is 0 Å². The maximum Gasteiger partial charge on any atom is 0.390 e. The molecule has 1 heterocycles. The van der Waals surface area contributed by atoms with Crippen molar-refractivity contribution in [3.63, 3.8) is 0 Å². The number of rotatable bonds is 4. The molecule has 1 aromatic rings. The highest BCUT2D eigenvalue weighted by molar-refractivity contribution is 5.99. The van der Waals surface area contributed by atoms with E-state index in [1.165, 1.54) is 13.1 Å². The number of hydrogen-bond donors (Lipinski definition) is 3. The molecule has 0 aliphatic carbocycles. The number of amides is 2. The van der Waals surface area contributed by atoms with Crippen LogP contribution in [0.5, 0.6) is 0 Å². The maximum atomic E-state index is 12.0. The van der Waals surface area contributed by atoms with Gasteiger partial charge in [-0.3, -0.25) is 0 Å². The topological polar surface area (TPSA) is 85.4 Å². The Labute approximate surface area is 112 Å². The van der Waals surface area contributed by atoms with Gasteiger partial charge < -0.3 is 20.3 Å². The van der Waals surface area contributed by atoms with Gasteiger partial charge in [0.1, 0.15) is 5.69 Å². The molecule has 0 fully saturated rings. The number of H-pyrrole nitrogens is 1. The van der Waals surface area contributed by atoms with E-state index in [0.717, 1.165) is 4.90 Å². The van der Waals surface area contributed by atoms with Gasteiger partial charge in [0.25, 0.3) is 0 Å². The number of aromatic carboxylic acids is 1. The summed E-state index contributed by atoms with van der Waals surface area (Å²) in [5.74, 6) is -1.27. The lowest BCUT2D eigenvalue weighted by atomic mass is 10.3. The molecular formula is C11H14F3N3O3. The van der Waals surface area contributed by atoms with Gasteiger partial charge in [0.15, 0.2) is 0 Å². The molecule has 0 saturated heterocycles. The number of alkyl halides is 3. The van der Waals surface area contributed by atoms with Crippen LogP contribution >= 0.6 is 0 Å². The summed E-state index contributed by atoms with van der Waals surface area (Å²) in [6.07, 6.45) is -5.49. The van der Waals surface area contributed by atoms with E-state index in [1.807, 2.05) is 0 Å². The highest BCUT2D eigenvalue weighted by Gasteiger charge is 2.28. The molecule has 112 valence electrons. The molecule has 0 aromatic carbocycles. The minimum Gasteiger partial charge on any atom is -0.477 e. The number of aromatic nitrogens is 1. The van der Waals surface area contributed by atoms with Crippen molar-refractivity contribution >= 4 is 17.7 Å². The summed E-state index contributed by atoms with van der Waals surface area (Å²) in [6, 6.07) is 0.578. The standard InChI is InChI=1S/C11H14F3N3O3/c1-6-5-7(8(15-6)9(18)19)16-10(20)17(2)4-3-11(12,13)14/h5,15H,3-4H2,1-2H3,(H,16,20)(H,18,19). The second-order valence-corrected chi connectivity index (χ2v) is 4.26. The first-order chi connectivity index (χ1) is 9.10. The monoisotopic (exact) mass is 293 g/mol. The normalized spacial score (nSPS) is 11.2. The second-order valence-electron chi connectivity index (χ2n) is 4.26. The molecule has 0 spiro atoms. The number of halogens is 3. The molecule has 0 saturated carbocycles. The van der Waals surface area contributed by atoms with Gasteiger partial charge in [-0.2, -0.15) is 13.2 Å². The van der Waals surface area contributed by atoms with Crippen molar-refractivity contribution < 1.29 is 27.9 Å². The molecule has 0 bridgehead atoms. The fourth-order valence-corrected chi connectivity index (χ4v) is 1.46. The Morgan fingerprint density at radius 1 is 1.45 bits per heavy atom. The lowest BCUT2D eigenvalue weighted by Gasteiger charge is -2.18. The summed E-state index contributed by atoms with van der Waals surface area (Å²) in [5, 5.41) is 11.2. The fraction of sp³-hybridized carbons (Fsp3) is 0.455. The molecule has 0 radical (unpaired) electrons. The predicted molar refractivity (Wildman–Crippen MR) is 64.8 cm³/mol. The summed E-state index contributed by atoms with van der Waals surface area (Å²) in [6.45, 7) is 1.08. The van der Waals surface area contributed by atoms with E-state index in [4.69, 9.17) is 5.11 Å². The number of carbonyl (C=O) groups is 2. The Bertz CT molecular complexity index is 511. The number of carboxylic acid groups (broad SMARTS) is 1. The number of aryl methyl sites for hydroxylation is 1. The molecule has 0 aliphatic rings. The lowest BCUT2D eigenvalue weighted by Crippen LogP contribution is -2.34. The van der Waals surface area contributed by atoms with Gasteiger partial charge in [-0.05, 0) is 13.0 Å². The van der Waals surface area contributed by atoms with Gasteiger partial charge in [-0.15, -0.1) is 0 Å². The Morgan fingerprint density at radius 2 is 2.05 bits per heavy atom. The van der Waals surface area contributed by atoms with Crippen LogP contribution in [0.1, 0.15) is 22.6 Å². The molecular weight excluding hydrogens is 279 g/mol. The second kappa shape index (κ2) is 5.85. The van der Waals surface area contributed by atoms with Crippen LogP contribution in [0.15, 0.2) is 6.07 Å². The van der Waals surface area contributed by atoms with E-state index >= 15 is 0 Å². The van der Waals surface area contributed by atoms with Crippen LogP contribution in [-0.4, -0.2) is 46.8 Å². The third-order valence-electron chi connectivity index (χ3n) is 2.49. The molecule has 20 heavy (non-hydrogen) atoms. The highest BCUT2D eigenvalue weighted by Crippen LogP contribution is 2.20. The summed E-state index contributed by atoms with van der Waals surface area (Å²) >= 11 is 0. The van der Waals surface area contributed by atoms with Gasteiger partial charge in [-0.1, -0.05) is 0 Å². The Kier molecular flexibility index (Phi) is 4.64. The van der Waals surface area contributed by atoms with Crippen molar-refractivity contribution in [1.82, 2.24) is 9.88 Å². The van der Waals surface area contributed by atoms with Crippen molar-refractivity contribution in [1.29, 1.82) is 0 Å². The number of aromatic amines is 1. The highest BCUT2D eigenvalue weighted by atomic mass is 19.4. The molecule has 9 heteroatoms. The Hall–Kier alpha value is -2.19. The van der Waals surface area contributed by atoms with Crippen LogP contribution in [0.25, 0.3) is 0 Å². The number of urea groups is 1. The fourth-order valence-electron chi connectivity index (χ4n) is 1.46. The van der Waals surface area contributed by atoms with Crippen molar-refractivity contribution in [2.75, 3.05) is 18.9 Å². The smallest absolute Gasteiger partial charge is 0.390 e. The van der Waals surface area contributed by atoms with E-state index in [2.05, 4.69) is 10.3 Å². The van der Waals surface area contributed by atoms with E-state index in [9.17, 15) is 22.8 Å². The van der Waals surface area contributed by atoms with Gasteiger partial charge in [-0.25, -0.2) is 9.59 Å². The summed E-state index contributed by atoms with van der Waals surface area (Å²) in [5.41, 5.74) is 0.301. The van der Waals surface area contributed by atoms with Crippen LogP contribution in [0, 0.1) is 6.92 Å². The SMILES string of the molecule is Cc1cc(NC(=O)N(C)CCC(F)(F)F)c(C(=O)O)[nH]1. The number of carbonyl (C=O) groups excluding carboxylic acids is 1. The molecule has 0 aliphatic heterocycles. The number of nitrogens with one attached hydrogen (secondary N) is 2. The predicted octanol–water partition coefficient (Wildman–Crippen LogP) is 2.44. The van der Waals surface area contributed by atoms with Gasteiger partial charge in [0.2, 0.25) is 0 Å². The molecule has 1 aromatic heterocycles. The number of anilines is 1. The third-order valence-corrected chi connectivity index (χ3v) is 2.49. The van der Waals surface area contributed by atoms with E-state index < -0.39 is 31.1 Å². The van der Waals surface area contributed by atoms with Crippen molar-refractivity contribution in [3.8, 4) is 0 Å². The summed E-state index contributed by atoms with van der Waals surface area (Å²) in [4.78, 5) is 25.9. The molecule has 1 rings (SSSR count). The molecule has 3 N–H and O–H groups in total. The molecule has 0 atom stereocenters. The summed E-state index contributed by atoms with van der Waals surface area (Å²) < 4.78 is 36.1. The lowest BCUT2D eigenvalue weighted by molar-refractivity contribution is -0.135. The van der Waals surface area contributed by atoms with Crippen LogP contribution in [0.4, 0.5) is 23.7 Å². The Morgan fingerprint density at radius 3 is 2.55 bits per heavy atom. The van der Waals surface area contributed by atoms with Crippen LogP contribution < -0.4 is 5.32 Å². The minimum atomic E-state index is -4.36. The average molecular weight is 293 g/mol. The van der Waals surface area contributed by atoms with E-state index in [1.54, 1.807) is 6.92 Å². The minimum absolute atomic E-state index is 0.0128. The first-order valence-electron chi connectivity index (χ1n) is 5.62. The van der Waals surface area contributed by atoms with Crippen LogP contribution in [-0.2, 0) is 0 Å². The van der Waals surface area contributed by atoms with Gasteiger partial charge >= 0.3 is 18.2 Å². The first-order valence-corrected chi connectivity index (χ1v) is 5.62. The quantitative estimate of drug-likeness (QED) is 0.797. The van der Waals surface area contributed by atoms with Gasteiger partial charge in [0, 0.05) is 19.3 Å². The van der Waals surface area contributed by atoms with E-state index in [0.29, 0.717) is 5.69 Å². The third kappa shape index (κ3) is 4.48. The zero-order valence-electron chi connectivity index (χ0n) is 10.8. The summed E-state index contributed by atoms with van der Waals surface area (Å²) in [7, 11) is 1.20. The average Bonchev–Trinajstić information content (AvgIpc) is 2.66. The molecule has 2 amide bonds. The van der Waals surface area contributed by atoms with Crippen molar-refractivity contribution in [2.24, 2.45) is 0 Å². The van der Waals surface area contributed by atoms with Crippen LogP contribution in [0.2, 0.25) is 0 Å². The number of hydrogen-bond acceptors (Lipinski definition) is 2.